The van der Waals surface area contributed by atoms with Gasteiger partial charge in [-0.05, 0) is 46.1 Å². The van der Waals surface area contributed by atoms with E-state index in [4.69, 9.17) is 4.74 Å². The first-order valence-electron chi connectivity index (χ1n) is 10.2. The predicted octanol–water partition coefficient (Wildman–Crippen LogP) is 5.10. The lowest BCUT2D eigenvalue weighted by atomic mass is 9.86. The van der Waals surface area contributed by atoms with Crippen LogP contribution in [0.2, 0.25) is 0 Å². The third-order valence-electron chi connectivity index (χ3n) is 5.43. The van der Waals surface area contributed by atoms with Crippen LogP contribution in [0, 0.1) is 0 Å². The van der Waals surface area contributed by atoms with Crippen molar-refractivity contribution in [1.82, 2.24) is 0 Å². The van der Waals surface area contributed by atoms with Crippen LogP contribution >= 0.6 is 0 Å². The van der Waals surface area contributed by atoms with Gasteiger partial charge in [-0.3, -0.25) is 4.79 Å². The van der Waals surface area contributed by atoms with Crippen molar-refractivity contribution in [3.63, 3.8) is 0 Å². The van der Waals surface area contributed by atoms with E-state index in [2.05, 4.69) is 19.9 Å². The molecule has 6 nitrogen and oxygen atoms in total. The van der Waals surface area contributed by atoms with Gasteiger partial charge in [0.05, 0.1) is 5.92 Å². The molecule has 0 aliphatic carbocycles. The highest BCUT2D eigenvalue weighted by Crippen LogP contribution is 2.45. The Balaban J connectivity index is 1.91. The molecule has 0 amide bonds. The number of phenols is 4. The van der Waals surface area contributed by atoms with Gasteiger partial charge in [-0.25, -0.2) is 0 Å². The van der Waals surface area contributed by atoms with Crippen LogP contribution in [0.5, 0.6) is 28.7 Å². The number of ether oxygens (including phenoxy) is 1. The first kappa shape index (κ1) is 22.3. The number of aromatic hydroxyl groups is 4. The van der Waals surface area contributed by atoms with Gasteiger partial charge in [0.25, 0.3) is 0 Å². The molecular formula is C25H28O6. The molecule has 31 heavy (non-hydrogen) atoms. The number of hydrogen-bond donors (Lipinski definition) is 4. The maximum absolute atomic E-state index is 13.2. The molecule has 4 N–H and O–H groups in total. The first-order valence-corrected chi connectivity index (χ1v) is 10.2. The van der Waals surface area contributed by atoms with Gasteiger partial charge in [0, 0.05) is 23.3 Å². The quantitative estimate of drug-likeness (QED) is 0.481. The number of Topliss-reactive ketones (excluding diaryl/α,β-unsaturated/α-hetero) is 1. The molecule has 6 heteroatoms. The molecule has 1 aliphatic rings. The number of hydrogen-bond acceptors (Lipinski definition) is 6. The highest BCUT2D eigenvalue weighted by Gasteiger charge is 2.36. The summed E-state index contributed by atoms with van der Waals surface area (Å²) < 4.78 is 5.83. The molecule has 1 aliphatic heterocycles. The molecule has 0 fully saturated rings. The summed E-state index contributed by atoms with van der Waals surface area (Å²) in [6, 6.07) is 5.14. The van der Waals surface area contributed by atoms with Crippen LogP contribution < -0.4 is 4.74 Å². The van der Waals surface area contributed by atoms with E-state index in [0.717, 1.165) is 30.5 Å². The highest BCUT2D eigenvalue weighted by atomic mass is 16.5. The van der Waals surface area contributed by atoms with Crippen LogP contribution in [0.4, 0.5) is 0 Å². The molecular weight excluding hydrogens is 396 g/mol. The normalized spacial score (nSPS) is 15.9. The largest absolute Gasteiger partial charge is 0.508 e. The standard InChI is InChI=1S/C25H28O6/c1-14(2)5-4-6-15(3)7-9-18-21(28)12-22(29)23-24(30)19(13-31-25(18)23)17-10-8-16(26)11-20(17)27/h5,7-8,10-12,19,26-29H,4,6,9,13H2,1-3H3. The van der Waals surface area contributed by atoms with Crippen molar-refractivity contribution in [2.45, 2.75) is 46.0 Å². The lowest BCUT2D eigenvalue weighted by Gasteiger charge is -2.27. The average molecular weight is 424 g/mol. The maximum Gasteiger partial charge on any atom is 0.181 e. The summed E-state index contributed by atoms with van der Waals surface area (Å²) in [6.45, 7) is 6.07. The Morgan fingerprint density at radius 1 is 1.03 bits per heavy atom. The Morgan fingerprint density at radius 2 is 1.77 bits per heavy atom. The maximum atomic E-state index is 13.2. The van der Waals surface area contributed by atoms with E-state index >= 15 is 0 Å². The van der Waals surface area contributed by atoms with Gasteiger partial charge < -0.3 is 25.2 Å². The van der Waals surface area contributed by atoms with E-state index in [0.29, 0.717) is 17.5 Å². The number of rotatable bonds is 6. The predicted molar refractivity (Wildman–Crippen MR) is 118 cm³/mol. The van der Waals surface area contributed by atoms with E-state index in [9.17, 15) is 25.2 Å². The van der Waals surface area contributed by atoms with Gasteiger partial charge in [-0.1, -0.05) is 29.4 Å². The molecule has 1 unspecified atom stereocenters. The summed E-state index contributed by atoms with van der Waals surface area (Å²) in [4.78, 5) is 13.2. The lowest BCUT2D eigenvalue weighted by molar-refractivity contribution is 0.0888. The number of benzene rings is 2. The lowest BCUT2D eigenvalue weighted by Crippen LogP contribution is -2.27. The number of ketones is 1. The van der Waals surface area contributed by atoms with Gasteiger partial charge in [0.1, 0.15) is 40.9 Å². The summed E-state index contributed by atoms with van der Waals surface area (Å²) >= 11 is 0. The number of phenolic OH excluding ortho intramolecular Hbond substituents is 4. The Kier molecular flexibility index (Phi) is 6.59. The van der Waals surface area contributed by atoms with Crippen LogP contribution in [-0.2, 0) is 6.42 Å². The first-order chi connectivity index (χ1) is 14.7. The van der Waals surface area contributed by atoms with Crippen molar-refractivity contribution in [1.29, 1.82) is 0 Å². The van der Waals surface area contributed by atoms with Gasteiger partial charge in [0.2, 0.25) is 0 Å². The fourth-order valence-electron chi connectivity index (χ4n) is 3.71. The molecule has 1 atom stereocenters. The van der Waals surface area contributed by atoms with E-state index in [1.165, 1.54) is 17.7 Å². The second kappa shape index (κ2) is 9.16. The Labute approximate surface area is 181 Å². The highest BCUT2D eigenvalue weighted by molar-refractivity contribution is 6.07. The second-order valence-corrected chi connectivity index (χ2v) is 8.14. The number of fused-ring (bicyclic) bond motifs is 1. The van der Waals surface area contributed by atoms with Crippen molar-refractivity contribution in [2.75, 3.05) is 6.61 Å². The van der Waals surface area contributed by atoms with Crippen LogP contribution in [0.1, 0.15) is 61.0 Å². The summed E-state index contributed by atoms with van der Waals surface area (Å²) in [7, 11) is 0. The van der Waals surface area contributed by atoms with Gasteiger partial charge in [-0.2, -0.15) is 0 Å². The van der Waals surface area contributed by atoms with Crippen molar-refractivity contribution in [3.05, 3.63) is 64.3 Å². The molecule has 3 rings (SSSR count). The fourth-order valence-corrected chi connectivity index (χ4v) is 3.71. The molecule has 164 valence electrons. The van der Waals surface area contributed by atoms with Crippen molar-refractivity contribution >= 4 is 5.78 Å². The van der Waals surface area contributed by atoms with Crippen LogP contribution in [-0.4, -0.2) is 32.8 Å². The number of carbonyl (C=O) groups is 1. The molecule has 0 radical (unpaired) electrons. The van der Waals surface area contributed by atoms with E-state index in [1.807, 2.05) is 13.0 Å². The van der Waals surface area contributed by atoms with Crippen LogP contribution in [0.25, 0.3) is 0 Å². The van der Waals surface area contributed by atoms with E-state index < -0.39 is 11.7 Å². The molecule has 2 aromatic rings. The van der Waals surface area contributed by atoms with Gasteiger partial charge >= 0.3 is 0 Å². The average Bonchev–Trinajstić information content (AvgIpc) is 2.68. The summed E-state index contributed by atoms with van der Waals surface area (Å²) in [5.74, 6) is -1.92. The topological polar surface area (TPSA) is 107 Å². The Morgan fingerprint density at radius 3 is 2.45 bits per heavy atom. The van der Waals surface area contributed by atoms with Crippen molar-refractivity contribution < 1.29 is 30.0 Å². The third kappa shape index (κ3) is 4.85. The van der Waals surface area contributed by atoms with Gasteiger partial charge in [0.15, 0.2) is 5.78 Å². The molecule has 0 aromatic heterocycles. The summed E-state index contributed by atoms with van der Waals surface area (Å²) in [6.07, 6.45) is 6.32. The molecule has 0 bridgehead atoms. The third-order valence-corrected chi connectivity index (χ3v) is 5.43. The second-order valence-electron chi connectivity index (χ2n) is 8.14. The van der Waals surface area contributed by atoms with Crippen LogP contribution in [0.3, 0.4) is 0 Å². The van der Waals surface area contributed by atoms with Crippen molar-refractivity contribution in [3.8, 4) is 28.7 Å². The minimum absolute atomic E-state index is 0.00730. The zero-order valence-electron chi connectivity index (χ0n) is 18.0. The molecule has 0 saturated carbocycles. The number of carbonyl (C=O) groups excluding carboxylic acids is 1. The van der Waals surface area contributed by atoms with E-state index in [1.54, 1.807) is 0 Å². The molecule has 0 spiro atoms. The zero-order chi connectivity index (χ0) is 22.7. The molecule has 2 aromatic carbocycles. The summed E-state index contributed by atoms with van der Waals surface area (Å²) in [5, 5.41) is 40.4. The molecule has 0 saturated heterocycles. The Bertz CT molecular complexity index is 1060. The monoisotopic (exact) mass is 424 g/mol. The number of allylic oxidation sites excluding steroid dienone is 4. The smallest absolute Gasteiger partial charge is 0.181 e. The van der Waals surface area contributed by atoms with Gasteiger partial charge in [-0.15, -0.1) is 0 Å². The van der Waals surface area contributed by atoms with Crippen molar-refractivity contribution in [2.24, 2.45) is 0 Å². The minimum Gasteiger partial charge on any atom is -0.508 e. The molecule has 1 heterocycles. The zero-order valence-corrected chi connectivity index (χ0v) is 18.0. The summed E-state index contributed by atoms with van der Waals surface area (Å²) in [5.41, 5.74) is 3.15. The SMILES string of the molecule is CC(C)=CCCC(C)=CCc1c(O)cc(O)c2c1OCC(c1ccc(O)cc1O)C2=O. The van der Waals surface area contributed by atoms with Crippen LogP contribution in [0.15, 0.2) is 47.6 Å². The minimum atomic E-state index is -0.835. The fraction of sp³-hybridized carbons (Fsp3) is 0.320. The van der Waals surface area contributed by atoms with E-state index in [-0.39, 0.29) is 40.9 Å². The Hall–Kier alpha value is -3.41.